The van der Waals surface area contributed by atoms with Gasteiger partial charge < -0.3 is 0 Å². The third-order valence-corrected chi connectivity index (χ3v) is 4.94. The van der Waals surface area contributed by atoms with E-state index in [1.165, 1.54) is 75.3 Å². The van der Waals surface area contributed by atoms with E-state index in [2.05, 4.69) is 57.4 Å². The standard InChI is InChI=1S/C23H41NO.BrH/c1-5-7-8-9-10-11-12-13-14-15-18-21-19-16-17-20-22(21)23(3,4)25-24-6-2;/h16-17,19-20,24H,5-15,18H2,1-4H3;1H. The lowest BCUT2D eigenvalue weighted by molar-refractivity contribution is -0.0876. The minimum Gasteiger partial charge on any atom is -0.291 e. The first-order valence-corrected chi connectivity index (χ1v) is 10.6. The second-order valence-corrected chi connectivity index (χ2v) is 7.70. The summed E-state index contributed by atoms with van der Waals surface area (Å²) < 4.78 is 0. The molecule has 0 aliphatic carbocycles. The molecule has 3 heteroatoms. The summed E-state index contributed by atoms with van der Waals surface area (Å²) in [4.78, 5) is 5.86. The van der Waals surface area contributed by atoms with Crippen molar-refractivity contribution in [2.24, 2.45) is 0 Å². The molecule has 0 bridgehead atoms. The van der Waals surface area contributed by atoms with Gasteiger partial charge in [-0.05, 0) is 37.8 Å². The van der Waals surface area contributed by atoms with Crippen molar-refractivity contribution in [2.45, 2.75) is 104 Å². The molecule has 0 atom stereocenters. The minimum absolute atomic E-state index is 0. The van der Waals surface area contributed by atoms with Crippen LogP contribution in [0.4, 0.5) is 0 Å². The number of unbranched alkanes of at least 4 members (excludes halogenated alkanes) is 9. The van der Waals surface area contributed by atoms with Gasteiger partial charge in [0.05, 0.1) is 0 Å². The van der Waals surface area contributed by atoms with Crippen molar-refractivity contribution in [1.82, 2.24) is 5.48 Å². The lowest BCUT2D eigenvalue weighted by Crippen LogP contribution is -2.31. The highest BCUT2D eigenvalue weighted by atomic mass is 79.9. The molecule has 0 amide bonds. The Labute approximate surface area is 173 Å². The molecular formula is C23H42BrNO. The van der Waals surface area contributed by atoms with Crippen molar-refractivity contribution >= 4 is 17.0 Å². The molecule has 0 saturated carbocycles. The maximum Gasteiger partial charge on any atom is 0.109 e. The fourth-order valence-electron chi connectivity index (χ4n) is 3.44. The average molecular weight is 428 g/mol. The SMILES string of the molecule is Br.CCCCCCCCCCCCc1ccccc1C(C)(C)ONCC. The molecule has 0 aromatic heterocycles. The molecule has 2 nitrogen and oxygen atoms in total. The zero-order valence-corrected chi connectivity index (χ0v) is 19.3. The summed E-state index contributed by atoms with van der Waals surface area (Å²) in [5.74, 6) is 0. The molecule has 0 heterocycles. The van der Waals surface area contributed by atoms with E-state index in [9.17, 15) is 0 Å². The van der Waals surface area contributed by atoms with E-state index in [0.717, 1.165) is 13.0 Å². The summed E-state index contributed by atoms with van der Waals surface area (Å²) in [6.45, 7) is 9.46. The van der Waals surface area contributed by atoms with Gasteiger partial charge in [-0.25, -0.2) is 5.48 Å². The number of hydrogen-bond donors (Lipinski definition) is 1. The predicted octanol–water partition coefficient (Wildman–Crippen LogP) is 7.50. The zero-order chi connectivity index (χ0) is 18.4. The first-order valence-electron chi connectivity index (χ1n) is 10.6. The van der Waals surface area contributed by atoms with Crippen molar-refractivity contribution < 1.29 is 4.84 Å². The molecule has 1 N–H and O–H groups in total. The Bertz CT molecular complexity index is 448. The van der Waals surface area contributed by atoms with Crippen LogP contribution in [0, 0.1) is 0 Å². The van der Waals surface area contributed by atoms with Crippen molar-refractivity contribution in [3.63, 3.8) is 0 Å². The van der Waals surface area contributed by atoms with Gasteiger partial charge in [0.1, 0.15) is 5.60 Å². The van der Waals surface area contributed by atoms with E-state index in [-0.39, 0.29) is 22.6 Å². The second-order valence-electron chi connectivity index (χ2n) is 7.70. The Kier molecular flexibility index (Phi) is 15.4. The molecule has 0 saturated heterocycles. The van der Waals surface area contributed by atoms with E-state index in [4.69, 9.17) is 4.84 Å². The van der Waals surface area contributed by atoms with Gasteiger partial charge in [-0.3, -0.25) is 4.84 Å². The summed E-state index contributed by atoms with van der Waals surface area (Å²) in [6.07, 6.45) is 15.0. The van der Waals surface area contributed by atoms with Crippen LogP contribution < -0.4 is 5.48 Å². The van der Waals surface area contributed by atoms with Crippen molar-refractivity contribution in [2.75, 3.05) is 6.54 Å². The van der Waals surface area contributed by atoms with Crippen LogP contribution in [0.5, 0.6) is 0 Å². The van der Waals surface area contributed by atoms with Gasteiger partial charge in [-0.2, -0.15) is 0 Å². The van der Waals surface area contributed by atoms with Gasteiger partial charge in [-0.15, -0.1) is 17.0 Å². The number of rotatable bonds is 15. The second kappa shape index (κ2) is 15.7. The Morgan fingerprint density at radius 1 is 0.808 bits per heavy atom. The largest absolute Gasteiger partial charge is 0.291 e. The molecule has 0 aliphatic heterocycles. The van der Waals surface area contributed by atoms with Gasteiger partial charge in [0.15, 0.2) is 0 Å². The third-order valence-electron chi connectivity index (χ3n) is 4.94. The fraction of sp³-hybridized carbons (Fsp3) is 0.739. The number of benzene rings is 1. The van der Waals surface area contributed by atoms with Crippen LogP contribution in [0.2, 0.25) is 0 Å². The number of aryl methyl sites for hydroxylation is 1. The number of hydroxylamine groups is 1. The molecule has 1 aromatic carbocycles. The summed E-state index contributed by atoms with van der Waals surface area (Å²) in [5, 5.41) is 0. The van der Waals surface area contributed by atoms with E-state index >= 15 is 0 Å². The predicted molar refractivity (Wildman–Crippen MR) is 120 cm³/mol. The zero-order valence-electron chi connectivity index (χ0n) is 17.6. The summed E-state index contributed by atoms with van der Waals surface area (Å²) in [7, 11) is 0. The van der Waals surface area contributed by atoms with Crippen LogP contribution in [0.1, 0.15) is 103 Å². The molecule has 26 heavy (non-hydrogen) atoms. The number of halogens is 1. The van der Waals surface area contributed by atoms with Gasteiger partial charge in [0, 0.05) is 6.54 Å². The Balaban J connectivity index is 0.00000625. The topological polar surface area (TPSA) is 21.3 Å². The van der Waals surface area contributed by atoms with Gasteiger partial charge in [0.2, 0.25) is 0 Å². The quantitative estimate of drug-likeness (QED) is 0.231. The van der Waals surface area contributed by atoms with Crippen LogP contribution >= 0.6 is 17.0 Å². The molecule has 0 spiro atoms. The van der Waals surface area contributed by atoms with E-state index in [1.807, 2.05) is 0 Å². The highest BCUT2D eigenvalue weighted by Crippen LogP contribution is 2.28. The first-order chi connectivity index (χ1) is 12.1. The first kappa shape index (κ1) is 25.6. The van der Waals surface area contributed by atoms with Crippen LogP contribution in [0.15, 0.2) is 24.3 Å². The minimum atomic E-state index is -0.287. The van der Waals surface area contributed by atoms with Crippen molar-refractivity contribution in [1.29, 1.82) is 0 Å². The van der Waals surface area contributed by atoms with Gasteiger partial charge in [0.25, 0.3) is 0 Å². The van der Waals surface area contributed by atoms with Crippen LogP contribution in [0.25, 0.3) is 0 Å². The summed E-state index contributed by atoms with van der Waals surface area (Å²) in [5.41, 5.74) is 5.48. The van der Waals surface area contributed by atoms with Crippen LogP contribution in [-0.2, 0) is 16.9 Å². The summed E-state index contributed by atoms with van der Waals surface area (Å²) >= 11 is 0. The number of nitrogens with one attached hydrogen (secondary N) is 1. The van der Waals surface area contributed by atoms with E-state index in [0.29, 0.717) is 0 Å². The highest BCUT2D eigenvalue weighted by Gasteiger charge is 2.24. The molecule has 0 unspecified atom stereocenters. The molecule has 152 valence electrons. The average Bonchev–Trinajstić information content (AvgIpc) is 2.62. The van der Waals surface area contributed by atoms with Gasteiger partial charge in [-0.1, -0.05) is 95.9 Å². The summed E-state index contributed by atoms with van der Waals surface area (Å²) in [6, 6.07) is 8.75. The maximum atomic E-state index is 5.86. The van der Waals surface area contributed by atoms with Crippen molar-refractivity contribution in [3.8, 4) is 0 Å². The van der Waals surface area contributed by atoms with Gasteiger partial charge >= 0.3 is 0 Å². The maximum absolute atomic E-state index is 5.86. The fourth-order valence-corrected chi connectivity index (χ4v) is 3.44. The van der Waals surface area contributed by atoms with E-state index < -0.39 is 0 Å². The molecule has 0 aliphatic rings. The Morgan fingerprint density at radius 2 is 1.35 bits per heavy atom. The molecular weight excluding hydrogens is 386 g/mol. The lowest BCUT2D eigenvalue weighted by Gasteiger charge is -2.27. The monoisotopic (exact) mass is 427 g/mol. The normalized spacial score (nSPS) is 11.4. The smallest absolute Gasteiger partial charge is 0.109 e. The van der Waals surface area contributed by atoms with E-state index in [1.54, 1.807) is 0 Å². The molecule has 0 radical (unpaired) electrons. The molecule has 1 aromatic rings. The number of hydrogen-bond acceptors (Lipinski definition) is 2. The lowest BCUT2D eigenvalue weighted by atomic mass is 9.90. The third kappa shape index (κ3) is 10.7. The molecule has 0 fully saturated rings. The van der Waals surface area contributed by atoms with Crippen LogP contribution in [0.3, 0.4) is 0 Å². The van der Waals surface area contributed by atoms with Crippen LogP contribution in [-0.4, -0.2) is 6.54 Å². The Hall–Kier alpha value is -0.380. The molecule has 1 rings (SSSR count). The Morgan fingerprint density at radius 3 is 1.92 bits per heavy atom. The van der Waals surface area contributed by atoms with Crippen molar-refractivity contribution in [3.05, 3.63) is 35.4 Å². The highest BCUT2D eigenvalue weighted by molar-refractivity contribution is 8.93.